The summed E-state index contributed by atoms with van der Waals surface area (Å²) < 4.78 is 10.1. The van der Waals surface area contributed by atoms with Crippen LogP contribution >= 0.6 is 11.8 Å². The zero-order valence-corrected chi connectivity index (χ0v) is 18.1. The van der Waals surface area contributed by atoms with Crippen LogP contribution < -0.4 is 5.32 Å². The fourth-order valence-electron chi connectivity index (χ4n) is 3.23. The van der Waals surface area contributed by atoms with Crippen molar-refractivity contribution in [3.63, 3.8) is 0 Å². The van der Waals surface area contributed by atoms with Crippen LogP contribution in [0.1, 0.15) is 56.3 Å². The summed E-state index contributed by atoms with van der Waals surface area (Å²) in [4.78, 5) is 52.9. The third kappa shape index (κ3) is 3.97. The van der Waals surface area contributed by atoms with Gasteiger partial charge in [-0.05, 0) is 51.5 Å². The number of H-pyrrole nitrogens is 1. The minimum atomic E-state index is -1.08. The smallest absolute Gasteiger partial charge is 0.339 e. The van der Waals surface area contributed by atoms with Crippen molar-refractivity contribution < 1.29 is 28.7 Å². The van der Waals surface area contributed by atoms with Gasteiger partial charge in [0.15, 0.2) is 6.10 Å². The molecule has 0 spiro atoms. The minimum absolute atomic E-state index is 0.138. The Labute approximate surface area is 177 Å². The number of methoxy groups -OCH3 is 1. The number of aromatic amines is 1. The van der Waals surface area contributed by atoms with E-state index in [4.69, 9.17) is 9.47 Å². The number of nitrogens with one attached hydrogen (secondary N) is 2. The maximum atomic E-state index is 12.8. The van der Waals surface area contributed by atoms with E-state index in [0.717, 1.165) is 4.90 Å². The van der Waals surface area contributed by atoms with Gasteiger partial charge >= 0.3 is 11.9 Å². The molecule has 0 unspecified atom stereocenters. The van der Waals surface area contributed by atoms with Crippen LogP contribution in [0.15, 0.2) is 23.1 Å². The van der Waals surface area contributed by atoms with Gasteiger partial charge in [-0.15, -0.1) is 11.8 Å². The highest BCUT2D eigenvalue weighted by atomic mass is 32.2. The van der Waals surface area contributed by atoms with Crippen molar-refractivity contribution in [2.75, 3.05) is 12.4 Å². The Morgan fingerprint density at radius 1 is 1.17 bits per heavy atom. The lowest BCUT2D eigenvalue weighted by atomic mass is 10.1. The number of hydrogen-bond donors (Lipinski definition) is 2. The molecule has 0 saturated carbocycles. The van der Waals surface area contributed by atoms with Gasteiger partial charge in [0, 0.05) is 10.6 Å². The fourth-order valence-corrected chi connectivity index (χ4v) is 4.16. The molecule has 0 saturated heterocycles. The van der Waals surface area contributed by atoms with Gasteiger partial charge in [-0.1, -0.05) is 0 Å². The molecule has 9 heteroatoms. The Kier molecular flexibility index (Phi) is 6.02. The molecule has 2 heterocycles. The molecular weight excluding hydrogens is 408 g/mol. The monoisotopic (exact) mass is 430 g/mol. The van der Waals surface area contributed by atoms with Gasteiger partial charge < -0.3 is 19.8 Å². The summed E-state index contributed by atoms with van der Waals surface area (Å²) in [6, 6.07) is 4.86. The number of Topliss-reactive ketones (excluding diaryl/α,β-unsaturated/α-hetero) is 1. The molecule has 1 aliphatic rings. The van der Waals surface area contributed by atoms with E-state index in [2.05, 4.69) is 10.3 Å². The first-order chi connectivity index (χ1) is 14.1. The van der Waals surface area contributed by atoms with Gasteiger partial charge in [0.25, 0.3) is 0 Å². The van der Waals surface area contributed by atoms with Crippen LogP contribution in [0.5, 0.6) is 0 Å². The minimum Gasteiger partial charge on any atom is -0.465 e. The average Bonchev–Trinajstić information content (AvgIpc) is 3.01. The Morgan fingerprint density at radius 3 is 2.53 bits per heavy atom. The van der Waals surface area contributed by atoms with Crippen LogP contribution in [0, 0.1) is 13.8 Å². The first kappa shape index (κ1) is 21.6. The highest BCUT2D eigenvalue weighted by Crippen LogP contribution is 2.36. The zero-order chi connectivity index (χ0) is 22.2. The predicted molar refractivity (Wildman–Crippen MR) is 111 cm³/mol. The number of fused-ring (bicyclic) bond motifs is 1. The molecule has 0 fully saturated rings. The lowest BCUT2D eigenvalue weighted by Crippen LogP contribution is -2.27. The molecule has 0 bridgehead atoms. The van der Waals surface area contributed by atoms with Crippen molar-refractivity contribution in [3.8, 4) is 0 Å². The summed E-state index contributed by atoms with van der Waals surface area (Å²) in [6.45, 7) is 6.55. The van der Waals surface area contributed by atoms with Gasteiger partial charge in [-0.25, -0.2) is 9.59 Å². The van der Waals surface area contributed by atoms with Crippen molar-refractivity contribution in [2.45, 2.75) is 43.9 Å². The first-order valence-electron chi connectivity index (χ1n) is 9.28. The molecule has 3 rings (SSSR count). The van der Waals surface area contributed by atoms with Gasteiger partial charge in [0.2, 0.25) is 11.7 Å². The van der Waals surface area contributed by atoms with Crippen LogP contribution in [0.25, 0.3) is 0 Å². The summed E-state index contributed by atoms with van der Waals surface area (Å²) in [5.74, 6) is -1.84. The topological polar surface area (TPSA) is 115 Å². The van der Waals surface area contributed by atoms with Gasteiger partial charge in [0.1, 0.15) is 0 Å². The fraction of sp³-hybridized carbons (Fsp3) is 0.333. The highest BCUT2D eigenvalue weighted by molar-refractivity contribution is 8.00. The van der Waals surface area contributed by atoms with Crippen molar-refractivity contribution in [1.82, 2.24) is 4.98 Å². The van der Waals surface area contributed by atoms with Crippen LogP contribution in [0.2, 0.25) is 0 Å². The number of aryl methyl sites for hydroxylation is 1. The van der Waals surface area contributed by atoms with Crippen molar-refractivity contribution in [1.29, 1.82) is 0 Å². The summed E-state index contributed by atoms with van der Waals surface area (Å²) in [5, 5.41) is 2.54. The number of esters is 2. The van der Waals surface area contributed by atoms with Crippen LogP contribution in [0.4, 0.5) is 5.69 Å². The predicted octanol–water partition coefficient (Wildman–Crippen LogP) is 3.28. The number of anilines is 1. The Bertz CT molecular complexity index is 1060. The largest absolute Gasteiger partial charge is 0.465 e. The second-order valence-electron chi connectivity index (χ2n) is 6.99. The second kappa shape index (κ2) is 8.35. The van der Waals surface area contributed by atoms with Crippen molar-refractivity contribution in [3.05, 3.63) is 46.3 Å². The number of rotatable bonds is 5. The lowest BCUT2D eigenvalue weighted by Gasteiger charge is -2.21. The molecule has 1 aromatic heterocycles. The highest BCUT2D eigenvalue weighted by Gasteiger charge is 2.28. The normalized spacial score (nSPS) is 16.3. The zero-order valence-electron chi connectivity index (χ0n) is 17.2. The molecule has 8 nitrogen and oxygen atoms in total. The Morgan fingerprint density at radius 2 is 1.87 bits per heavy atom. The average molecular weight is 430 g/mol. The molecular formula is C21H22N2O6S. The van der Waals surface area contributed by atoms with E-state index in [-0.39, 0.29) is 28.0 Å². The molecule has 1 aliphatic heterocycles. The molecule has 158 valence electrons. The summed E-state index contributed by atoms with van der Waals surface area (Å²) >= 11 is 1.41. The molecule has 2 N–H and O–H groups in total. The quantitative estimate of drug-likeness (QED) is 0.553. The van der Waals surface area contributed by atoms with E-state index < -0.39 is 23.8 Å². The van der Waals surface area contributed by atoms with E-state index in [1.54, 1.807) is 32.9 Å². The number of aromatic nitrogens is 1. The van der Waals surface area contributed by atoms with E-state index >= 15 is 0 Å². The molecule has 1 amide bonds. The molecule has 1 aromatic carbocycles. The number of thioether (sulfide) groups is 1. The molecule has 0 radical (unpaired) electrons. The van der Waals surface area contributed by atoms with Crippen molar-refractivity contribution >= 4 is 41.1 Å². The number of ketones is 1. The van der Waals surface area contributed by atoms with E-state index in [1.807, 2.05) is 0 Å². The first-order valence-corrected chi connectivity index (χ1v) is 10.2. The van der Waals surface area contributed by atoms with Gasteiger partial charge in [-0.3, -0.25) is 9.59 Å². The summed E-state index contributed by atoms with van der Waals surface area (Å²) in [6.07, 6.45) is -1.08. The van der Waals surface area contributed by atoms with Crippen LogP contribution in [-0.4, -0.2) is 47.1 Å². The molecule has 0 aliphatic carbocycles. The van der Waals surface area contributed by atoms with Crippen molar-refractivity contribution in [2.24, 2.45) is 0 Å². The molecule has 2 atom stereocenters. The number of ether oxygens (including phenoxy) is 2. The van der Waals surface area contributed by atoms with Gasteiger partial charge in [-0.2, -0.15) is 0 Å². The third-order valence-corrected chi connectivity index (χ3v) is 6.05. The lowest BCUT2D eigenvalue weighted by molar-refractivity contribution is -0.115. The standard InChI is InChI=1S/C21H22N2O6S/c1-9-16(21(27)28-5)10(2)22-17(9)18(24)11(3)29-20(26)13-6-7-15-14(8-13)23-19(25)12(4)30-15/h6-8,11-12,22H,1-5H3,(H,23,25)/t11-,12+/m1/s1. The molecule has 2 aromatic rings. The van der Waals surface area contributed by atoms with Crippen LogP contribution in [0.3, 0.4) is 0 Å². The number of carbonyl (C=O) groups is 4. The number of carbonyl (C=O) groups excluding carboxylic acids is 4. The summed E-state index contributed by atoms with van der Waals surface area (Å²) in [7, 11) is 1.26. The number of hydrogen-bond acceptors (Lipinski definition) is 7. The van der Waals surface area contributed by atoms with Gasteiger partial charge in [0.05, 0.1) is 34.9 Å². The number of benzene rings is 1. The van der Waals surface area contributed by atoms with E-state index in [1.165, 1.54) is 31.9 Å². The van der Waals surface area contributed by atoms with E-state index in [0.29, 0.717) is 16.9 Å². The maximum Gasteiger partial charge on any atom is 0.339 e. The maximum absolute atomic E-state index is 12.8. The summed E-state index contributed by atoms with van der Waals surface area (Å²) in [5.41, 5.74) is 2.18. The van der Waals surface area contributed by atoms with Crippen LogP contribution in [-0.2, 0) is 14.3 Å². The third-order valence-electron chi connectivity index (χ3n) is 4.87. The Hall–Kier alpha value is -3.07. The number of amides is 1. The molecule has 30 heavy (non-hydrogen) atoms. The Balaban J connectivity index is 1.77. The second-order valence-corrected chi connectivity index (χ2v) is 8.37. The van der Waals surface area contributed by atoms with E-state index in [9.17, 15) is 19.2 Å². The SMILES string of the molecule is COC(=O)c1c(C)[nH]c(C(=O)[C@@H](C)OC(=O)c2ccc3c(c2)NC(=O)[C@H](C)S3)c1C.